The molecular formula is C13H20N2O2S. The molecule has 5 heteroatoms. The van der Waals surface area contributed by atoms with Crippen molar-refractivity contribution in [2.24, 2.45) is 0 Å². The maximum absolute atomic E-state index is 10.7. The van der Waals surface area contributed by atoms with Gasteiger partial charge in [-0.05, 0) is 32.7 Å². The highest BCUT2D eigenvalue weighted by atomic mass is 32.1. The summed E-state index contributed by atoms with van der Waals surface area (Å²) in [6.07, 6.45) is 6.58. The summed E-state index contributed by atoms with van der Waals surface area (Å²) in [4.78, 5) is 18.7. The average Bonchev–Trinajstić information content (AvgIpc) is 2.73. The fraction of sp³-hybridized carbons (Fsp3) is 0.692. The first kappa shape index (κ1) is 13.5. The molecule has 1 fully saturated rings. The fourth-order valence-corrected chi connectivity index (χ4v) is 3.38. The van der Waals surface area contributed by atoms with Gasteiger partial charge in [0.05, 0.1) is 5.01 Å². The third-order valence-electron chi connectivity index (χ3n) is 3.47. The number of hydrogen-bond donors (Lipinski definition) is 1. The number of likely N-dealkylation sites (tertiary alicyclic amines) is 1. The van der Waals surface area contributed by atoms with Gasteiger partial charge >= 0.3 is 5.97 Å². The molecule has 1 saturated heterocycles. The Balaban J connectivity index is 1.92. The van der Waals surface area contributed by atoms with Gasteiger partial charge in [-0.25, -0.2) is 4.98 Å². The molecule has 0 spiro atoms. The summed E-state index contributed by atoms with van der Waals surface area (Å²) in [5.41, 5.74) is 0. The predicted octanol–water partition coefficient (Wildman–Crippen LogP) is 2.67. The summed E-state index contributed by atoms with van der Waals surface area (Å²) in [5, 5.41) is 9.90. The lowest BCUT2D eigenvalue weighted by atomic mass is 9.98. The van der Waals surface area contributed by atoms with Crippen LogP contribution < -0.4 is 0 Å². The lowest BCUT2D eigenvalue weighted by molar-refractivity contribution is -0.137. The highest BCUT2D eigenvalue weighted by molar-refractivity contribution is 7.11. The van der Waals surface area contributed by atoms with Crippen molar-refractivity contribution in [1.82, 2.24) is 9.88 Å². The van der Waals surface area contributed by atoms with Gasteiger partial charge in [0.2, 0.25) is 0 Å². The van der Waals surface area contributed by atoms with Crippen molar-refractivity contribution in [2.75, 3.05) is 6.54 Å². The molecule has 0 aliphatic carbocycles. The molecule has 1 aliphatic heterocycles. The Bertz CT molecular complexity index is 405. The lowest BCUT2D eigenvalue weighted by Crippen LogP contribution is -2.39. The number of nitrogens with zero attached hydrogens (tertiary/aromatic N) is 2. The van der Waals surface area contributed by atoms with Crippen molar-refractivity contribution in [1.29, 1.82) is 0 Å². The van der Waals surface area contributed by atoms with E-state index in [4.69, 9.17) is 5.11 Å². The molecule has 0 aromatic carbocycles. The Morgan fingerprint density at radius 2 is 2.44 bits per heavy atom. The number of piperidine rings is 1. The van der Waals surface area contributed by atoms with Crippen LogP contribution in [-0.2, 0) is 11.3 Å². The molecule has 0 amide bonds. The topological polar surface area (TPSA) is 53.4 Å². The van der Waals surface area contributed by atoms with Gasteiger partial charge in [-0.15, -0.1) is 11.3 Å². The quantitative estimate of drug-likeness (QED) is 0.892. The Morgan fingerprint density at radius 3 is 3.11 bits per heavy atom. The zero-order chi connectivity index (χ0) is 13.0. The second-order valence-corrected chi connectivity index (χ2v) is 6.22. The molecule has 4 nitrogen and oxygen atoms in total. The maximum Gasteiger partial charge on any atom is 0.303 e. The van der Waals surface area contributed by atoms with E-state index in [2.05, 4.69) is 9.88 Å². The van der Waals surface area contributed by atoms with Gasteiger partial charge in [-0.3, -0.25) is 9.69 Å². The molecule has 18 heavy (non-hydrogen) atoms. The zero-order valence-electron chi connectivity index (χ0n) is 10.8. The van der Waals surface area contributed by atoms with Gasteiger partial charge in [0, 0.05) is 30.1 Å². The van der Waals surface area contributed by atoms with Crippen LogP contribution in [0, 0.1) is 6.92 Å². The average molecular weight is 268 g/mol. The van der Waals surface area contributed by atoms with E-state index in [-0.39, 0.29) is 6.42 Å². The number of carboxylic acids is 1. The summed E-state index contributed by atoms with van der Waals surface area (Å²) in [7, 11) is 0. The molecule has 2 rings (SSSR count). The Labute approximate surface area is 112 Å². The van der Waals surface area contributed by atoms with Crippen LogP contribution in [0.3, 0.4) is 0 Å². The van der Waals surface area contributed by atoms with Crippen molar-refractivity contribution in [3.05, 3.63) is 16.1 Å². The molecule has 1 aliphatic rings. The third-order valence-corrected chi connectivity index (χ3v) is 4.37. The summed E-state index contributed by atoms with van der Waals surface area (Å²) in [5.74, 6) is -0.686. The molecule has 1 N–H and O–H groups in total. The molecule has 0 saturated carbocycles. The van der Waals surface area contributed by atoms with Crippen molar-refractivity contribution in [3.63, 3.8) is 0 Å². The number of hydrogen-bond acceptors (Lipinski definition) is 4. The first-order valence-corrected chi connectivity index (χ1v) is 7.34. The summed E-state index contributed by atoms with van der Waals surface area (Å²) < 4.78 is 0. The number of aryl methyl sites for hydroxylation is 1. The number of thiazole rings is 1. The minimum absolute atomic E-state index is 0.281. The monoisotopic (exact) mass is 268 g/mol. The van der Waals surface area contributed by atoms with Crippen LogP contribution >= 0.6 is 11.3 Å². The van der Waals surface area contributed by atoms with Crippen LogP contribution in [0.2, 0.25) is 0 Å². The van der Waals surface area contributed by atoms with E-state index in [1.807, 2.05) is 13.1 Å². The van der Waals surface area contributed by atoms with E-state index in [0.717, 1.165) is 30.9 Å². The molecule has 2 heterocycles. The predicted molar refractivity (Wildman–Crippen MR) is 71.8 cm³/mol. The summed E-state index contributed by atoms with van der Waals surface area (Å²) in [6.45, 7) is 4.03. The first-order valence-electron chi connectivity index (χ1n) is 6.52. The van der Waals surface area contributed by atoms with Gasteiger partial charge in [-0.2, -0.15) is 0 Å². The van der Waals surface area contributed by atoms with Crippen molar-refractivity contribution < 1.29 is 9.90 Å². The normalized spacial score (nSPS) is 21.1. The van der Waals surface area contributed by atoms with E-state index in [0.29, 0.717) is 6.04 Å². The van der Waals surface area contributed by atoms with Gasteiger partial charge in [0.15, 0.2) is 0 Å². The minimum atomic E-state index is -0.686. The Morgan fingerprint density at radius 1 is 1.61 bits per heavy atom. The first-order chi connectivity index (χ1) is 8.65. The van der Waals surface area contributed by atoms with Crippen LogP contribution in [0.25, 0.3) is 0 Å². The molecular weight excluding hydrogens is 248 g/mol. The lowest BCUT2D eigenvalue weighted by Gasteiger charge is -2.35. The molecule has 0 radical (unpaired) electrons. The SMILES string of the molecule is Cc1ncc(CN2CCCCC2CCC(=O)O)s1. The van der Waals surface area contributed by atoms with Crippen molar-refractivity contribution >= 4 is 17.3 Å². The van der Waals surface area contributed by atoms with Gasteiger partial charge in [0.1, 0.15) is 0 Å². The van der Waals surface area contributed by atoms with Crippen LogP contribution in [0.15, 0.2) is 6.20 Å². The highest BCUT2D eigenvalue weighted by Gasteiger charge is 2.23. The number of carbonyl (C=O) groups is 1. The van der Waals surface area contributed by atoms with Crippen molar-refractivity contribution in [3.8, 4) is 0 Å². The summed E-state index contributed by atoms with van der Waals surface area (Å²) in [6, 6.07) is 0.428. The van der Waals surface area contributed by atoms with Gasteiger partial charge in [-0.1, -0.05) is 6.42 Å². The standard InChI is InChI=1S/C13H20N2O2S/c1-10-14-8-12(18-10)9-15-7-3-2-4-11(15)5-6-13(16)17/h8,11H,2-7,9H2,1H3,(H,16,17). The molecule has 1 aromatic heterocycles. The van der Waals surface area contributed by atoms with Crippen LogP contribution in [0.5, 0.6) is 0 Å². The van der Waals surface area contributed by atoms with E-state index in [9.17, 15) is 4.79 Å². The van der Waals surface area contributed by atoms with E-state index in [1.54, 1.807) is 11.3 Å². The molecule has 0 bridgehead atoms. The Kier molecular flexibility index (Phi) is 4.72. The van der Waals surface area contributed by atoms with Crippen molar-refractivity contribution in [2.45, 2.75) is 51.6 Å². The van der Waals surface area contributed by atoms with Gasteiger partial charge < -0.3 is 5.11 Å². The molecule has 1 unspecified atom stereocenters. The van der Waals surface area contributed by atoms with Crippen LogP contribution in [0.1, 0.15) is 42.0 Å². The maximum atomic E-state index is 10.7. The molecule has 1 aromatic rings. The Hall–Kier alpha value is -0.940. The third kappa shape index (κ3) is 3.78. The fourth-order valence-electron chi connectivity index (χ4n) is 2.56. The van der Waals surface area contributed by atoms with E-state index < -0.39 is 5.97 Å². The van der Waals surface area contributed by atoms with E-state index >= 15 is 0 Å². The second-order valence-electron chi connectivity index (χ2n) is 4.90. The minimum Gasteiger partial charge on any atom is -0.481 e. The zero-order valence-corrected chi connectivity index (χ0v) is 11.6. The highest BCUT2D eigenvalue weighted by Crippen LogP contribution is 2.24. The van der Waals surface area contributed by atoms with Crippen LogP contribution in [-0.4, -0.2) is 33.5 Å². The van der Waals surface area contributed by atoms with E-state index in [1.165, 1.54) is 17.7 Å². The number of aromatic nitrogens is 1. The largest absolute Gasteiger partial charge is 0.481 e. The number of aliphatic carboxylic acids is 1. The van der Waals surface area contributed by atoms with Crippen LogP contribution in [0.4, 0.5) is 0 Å². The molecule has 1 atom stereocenters. The van der Waals surface area contributed by atoms with Gasteiger partial charge in [0.25, 0.3) is 0 Å². The smallest absolute Gasteiger partial charge is 0.303 e. The number of rotatable bonds is 5. The molecule has 100 valence electrons. The number of carboxylic acid groups (broad SMARTS) is 1. The summed E-state index contributed by atoms with van der Waals surface area (Å²) >= 11 is 1.74. The second kappa shape index (κ2) is 6.29.